The van der Waals surface area contributed by atoms with Gasteiger partial charge in [-0.05, 0) is 12.1 Å². The molecule has 2 rings (SSSR count). The first-order chi connectivity index (χ1) is 6.29. The number of hydrogen-bond acceptors (Lipinski definition) is 3. The van der Waals surface area contributed by atoms with E-state index >= 15 is 0 Å². The lowest BCUT2D eigenvalue weighted by molar-refractivity contribution is 0.196. The van der Waals surface area contributed by atoms with Gasteiger partial charge in [-0.3, -0.25) is 4.90 Å². The fourth-order valence-electron chi connectivity index (χ4n) is 1.25. The first-order valence-electron chi connectivity index (χ1n) is 3.87. The van der Waals surface area contributed by atoms with E-state index in [2.05, 4.69) is 4.98 Å². The summed E-state index contributed by atoms with van der Waals surface area (Å²) >= 11 is 0. The summed E-state index contributed by atoms with van der Waals surface area (Å²) in [4.78, 5) is 15.9. The van der Waals surface area contributed by atoms with Gasteiger partial charge in [-0.2, -0.15) is 0 Å². The topological polar surface area (TPSA) is 62.7 Å². The van der Waals surface area contributed by atoms with Crippen molar-refractivity contribution in [3.63, 3.8) is 0 Å². The quantitative estimate of drug-likeness (QED) is 0.645. The van der Waals surface area contributed by atoms with Crippen LogP contribution in [0.4, 0.5) is 10.5 Å². The van der Waals surface area contributed by atoms with Crippen LogP contribution in [0.25, 0.3) is 0 Å². The largest absolute Gasteiger partial charge is 0.474 e. The minimum atomic E-state index is -0.974. The molecule has 1 N–H and O–H groups in total. The molecule has 1 aromatic heterocycles. The average molecular weight is 180 g/mol. The van der Waals surface area contributed by atoms with Crippen LogP contribution < -0.4 is 9.64 Å². The van der Waals surface area contributed by atoms with Crippen LogP contribution in [0.2, 0.25) is 0 Å². The molecule has 0 radical (unpaired) electrons. The molecule has 0 aliphatic carbocycles. The van der Waals surface area contributed by atoms with Gasteiger partial charge in [-0.25, -0.2) is 9.78 Å². The summed E-state index contributed by atoms with van der Waals surface area (Å²) in [5.74, 6) is 0.385. The van der Waals surface area contributed by atoms with E-state index in [9.17, 15) is 4.79 Å². The van der Waals surface area contributed by atoms with Crippen molar-refractivity contribution in [2.24, 2.45) is 0 Å². The van der Waals surface area contributed by atoms with Crippen LogP contribution in [0.1, 0.15) is 0 Å². The molecule has 2 heterocycles. The summed E-state index contributed by atoms with van der Waals surface area (Å²) in [6.45, 7) is 0.713. The SMILES string of the molecule is O=C(O)N1CCOc2ncccc21. The number of hydrogen-bond donors (Lipinski definition) is 1. The van der Waals surface area contributed by atoms with Crippen LogP contribution in [0.3, 0.4) is 0 Å². The molecule has 0 aromatic carbocycles. The summed E-state index contributed by atoms with van der Waals surface area (Å²) in [5.41, 5.74) is 0.515. The Labute approximate surface area is 74.6 Å². The third-order valence-electron chi connectivity index (χ3n) is 1.83. The molecule has 0 saturated carbocycles. The zero-order chi connectivity index (χ0) is 9.26. The van der Waals surface area contributed by atoms with Crippen LogP contribution in [-0.2, 0) is 0 Å². The zero-order valence-corrected chi connectivity index (χ0v) is 6.80. The van der Waals surface area contributed by atoms with Gasteiger partial charge in [-0.1, -0.05) is 0 Å². The number of aromatic nitrogens is 1. The Morgan fingerprint density at radius 3 is 3.31 bits per heavy atom. The highest BCUT2D eigenvalue weighted by Crippen LogP contribution is 2.28. The second kappa shape index (κ2) is 2.93. The maximum Gasteiger partial charge on any atom is 0.412 e. The fourth-order valence-corrected chi connectivity index (χ4v) is 1.25. The number of pyridine rings is 1. The minimum Gasteiger partial charge on any atom is -0.474 e. The maximum atomic E-state index is 10.8. The Morgan fingerprint density at radius 2 is 2.54 bits per heavy atom. The lowest BCUT2D eigenvalue weighted by atomic mass is 10.3. The van der Waals surface area contributed by atoms with Gasteiger partial charge in [0.2, 0.25) is 5.88 Å². The number of carbonyl (C=O) groups is 1. The third kappa shape index (κ3) is 1.28. The van der Waals surface area contributed by atoms with Gasteiger partial charge in [0.1, 0.15) is 12.3 Å². The van der Waals surface area contributed by atoms with Gasteiger partial charge in [0.15, 0.2) is 0 Å². The second-order valence-electron chi connectivity index (χ2n) is 2.61. The second-order valence-corrected chi connectivity index (χ2v) is 2.61. The van der Waals surface area contributed by atoms with Gasteiger partial charge in [0.05, 0.1) is 6.54 Å². The Bertz CT molecular complexity index is 340. The normalized spacial score (nSPS) is 14.6. The smallest absolute Gasteiger partial charge is 0.412 e. The molecule has 0 saturated heterocycles. The molecule has 1 aliphatic rings. The molecular weight excluding hydrogens is 172 g/mol. The van der Waals surface area contributed by atoms with Crippen molar-refractivity contribution >= 4 is 11.8 Å². The number of nitrogens with zero attached hydrogens (tertiary/aromatic N) is 2. The van der Waals surface area contributed by atoms with Gasteiger partial charge < -0.3 is 9.84 Å². The highest BCUT2D eigenvalue weighted by atomic mass is 16.5. The lowest BCUT2D eigenvalue weighted by Crippen LogP contribution is -2.37. The lowest BCUT2D eigenvalue weighted by Gasteiger charge is -2.25. The summed E-state index contributed by atoms with van der Waals surface area (Å²) < 4.78 is 5.19. The molecule has 0 spiro atoms. The number of amides is 1. The van der Waals surface area contributed by atoms with E-state index in [-0.39, 0.29) is 0 Å². The maximum absolute atomic E-state index is 10.8. The number of rotatable bonds is 0. The van der Waals surface area contributed by atoms with Crippen molar-refractivity contribution in [2.75, 3.05) is 18.1 Å². The molecule has 68 valence electrons. The zero-order valence-electron chi connectivity index (χ0n) is 6.80. The summed E-state index contributed by atoms with van der Waals surface area (Å²) in [6.07, 6.45) is 0.599. The summed E-state index contributed by atoms with van der Waals surface area (Å²) in [7, 11) is 0. The van der Waals surface area contributed by atoms with E-state index in [4.69, 9.17) is 9.84 Å². The molecule has 0 bridgehead atoms. The molecule has 5 nitrogen and oxygen atoms in total. The first kappa shape index (κ1) is 7.85. The molecule has 1 aromatic rings. The summed E-state index contributed by atoms with van der Waals surface area (Å²) in [5, 5.41) is 8.83. The van der Waals surface area contributed by atoms with Crippen LogP contribution in [0.15, 0.2) is 18.3 Å². The monoisotopic (exact) mass is 180 g/mol. The number of fused-ring (bicyclic) bond motifs is 1. The molecule has 13 heavy (non-hydrogen) atoms. The standard InChI is InChI=1S/C8H8N2O3/c11-8(12)10-4-5-13-7-6(10)2-1-3-9-7/h1-3H,4-5H2,(H,11,12). The van der Waals surface area contributed by atoms with E-state index in [1.165, 1.54) is 4.90 Å². The Hall–Kier alpha value is -1.78. The van der Waals surface area contributed by atoms with E-state index < -0.39 is 6.09 Å². The number of ether oxygens (including phenoxy) is 1. The van der Waals surface area contributed by atoms with Crippen molar-refractivity contribution < 1.29 is 14.6 Å². The van der Waals surface area contributed by atoms with Crippen LogP contribution >= 0.6 is 0 Å². The van der Waals surface area contributed by atoms with Crippen molar-refractivity contribution in [2.45, 2.75) is 0 Å². The van der Waals surface area contributed by atoms with Crippen molar-refractivity contribution in [1.29, 1.82) is 0 Å². The van der Waals surface area contributed by atoms with E-state index in [1.807, 2.05) is 0 Å². The van der Waals surface area contributed by atoms with E-state index in [0.29, 0.717) is 24.7 Å². The van der Waals surface area contributed by atoms with Crippen molar-refractivity contribution in [1.82, 2.24) is 4.98 Å². The molecule has 5 heteroatoms. The predicted octanol–water partition coefficient (Wildman–Crippen LogP) is 0.958. The molecule has 0 unspecified atom stereocenters. The van der Waals surface area contributed by atoms with Gasteiger partial charge in [0.25, 0.3) is 0 Å². The van der Waals surface area contributed by atoms with E-state index in [1.54, 1.807) is 18.3 Å². The highest BCUT2D eigenvalue weighted by Gasteiger charge is 2.23. The van der Waals surface area contributed by atoms with Gasteiger partial charge in [0, 0.05) is 6.20 Å². The van der Waals surface area contributed by atoms with Gasteiger partial charge in [-0.15, -0.1) is 0 Å². The molecule has 0 fully saturated rings. The van der Waals surface area contributed by atoms with Crippen LogP contribution in [0, 0.1) is 0 Å². The van der Waals surface area contributed by atoms with Crippen molar-refractivity contribution in [3.05, 3.63) is 18.3 Å². The molecule has 0 atom stereocenters. The Kier molecular flexibility index (Phi) is 1.77. The van der Waals surface area contributed by atoms with Gasteiger partial charge >= 0.3 is 6.09 Å². The average Bonchev–Trinajstić information content (AvgIpc) is 2.17. The molecule has 1 aliphatic heterocycles. The minimum absolute atomic E-state index is 0.355. The number of carboxylic acid groups (broad SMARTS) is 1. The Morgan fingerprint density at radius 1 is 1.69 bits per heavy atom. The van der Waals surface area contributed by atoms with Crippen LogP contribution in [0.5, 0.6) is 5.88 Å². The first-order valence-corrected chi connectivity index (χ1v) is 3.87. The Balaban J connectivity index is 2.42. The third-order valence-corrected chi connectivity index (χ3v) is 1.83. The molecular formula is C8H8N2O3. The van der Waals surface area contributed by atoms with Crippen LogP contribution in [-0.4, -0.2) is 29.3 Å². The summed E-state index contributed by atoms with van der Waals surface area (Å²) in [6, 6.07) is 3.36. The van der Waals surface area contributed by atoms with E-state index in [0.717, 1.165) is 0 Å². The molecule has 1 amide bonds. The predicted molar refractivity (Wildman–Crippen MR) is 45.1 cm³/mol. The number of anilines is 1. The van der Waals surface area contributed by atoms with Crippen molar-refractivity contribution in [3.8, 4) is 5.88 Å². The fraction of sp³-hybridized carbons (Fsp3) is 0.250. The highest BCUT2D eigenvalue weighted by molar-refractivity contribution is 5.88.